The fourth-order valence-electron chi connectivity index (χ4n) is 3.67. The zero-order valence-corrected chi connectivity index (χ0v) is 18.0. The molecule has 0 aromatic heterocycles. The van der Waals surface area contributed by atoms with Crippen LogP contribution in [0.25, 0.3) is 0 Å². The maximum atomic E-state index is 13.4. The molecule has 2 aromatic carbocycles. The Morgan fingerprint density at radius 2 is 1.57 bits per heavy atom. The molecule has 1 heterocycles. The van der Waals surface area contributed by atoms with E-state index < -0.39 is 21.7 Å². The Balaban J connectivity index is 1.59. The van der Waals surface area contributed by atoms with Gasteiger partial charge in [-0.2, -0.15) is 4.31 Å². The topological polar surface area (TPSA) is 69.7 Å². The minimum atomic E-state index is -3.92. The molecule has 1 saturated heterocycles. The molecule has 0 unspecified atom stereocenters. The van der Waals surface area contributed by atoms with Crippen molar-refractivity contribution in [3.05, 3.63) is 58.7 Å². The normalized spacial score (nSPS) is 15.9. The lowest BCUT2D eigenvalue weighted by molar-refractivity contribution is -0.117. The third-order valence-corrected chi connectivity index (χ3v) is 7.06. The van der Waals surface area contributed by atoms with Gasteiger partial charge in [-0.25, -0.2) is 17.2 Å². The van der Waals surface area contributed by atoms with Crippen molar-refractivity contribution in [2.24, 2.45) is 0 Å². The quantitative estimate of drug-likeness (QED) is 0.781. The number of nitrogens with zero attached hydrogens (tertiary/aromatic N) is 2. The Morgan fingerprint density at radius 3 is 2.13 bits per heavy atom. The molecule has 162 valence electrons. The van der Waals surface area contributed by atoms with Crippen LogP contribution in [0.5, 0.6) is 0 Å². The van der Waals surface area contributed by atoms with Crippen molar-refractivity contribution in [1.82, 2.24) is 9.21 Å². The Labute approximate surface area is 175 Å². The van der Waals surface area contributed by atoms with Gasteiger partial charge >= 0.3 is 0 Å². The van der Waals surface area contributed by atoms with E-state index in [1.54, 1.807) is 0 Å². The van der Waals surface area contributed by atoms with Crippen molar-refractivity contribution in [1.29, 1.82) is 0 Å². The molecule has 9 heteroatoms. The van der Waals surface area contributed by atoms with Crippen LogP contribution in [0.2, 0.25) is 0 Å². The first-order valence-corrected chi connectivity index (χ1v) is 11.1. The molecule has 30 heavy (non-hydrogen) atoms. The van der Waals surface area contributed by atoms with E-state index in [2.05, 4.69) is 5.32 Å². The van der Waals surface area contributed by atoms with Crippen molar-refractivity contribution in [2.45, 2.75) is 25.7 Å². The summed E-state index contributed by atoms with van der Waals surface area (Å²) in [7, 11) is -3.92. The molecule has 1 fully saturated rings. The van der Waals surface area contributed by atoms with Gasteiger partial charge in [-0.1, -0.05) is 17.7 Å². The highest BCUT2D eigenvalue weighted by Gasteiger charge is 2.29. The SMILES string of the molecule is Cc1cc(C)c(NC(=O)CN2CCN(S(=O)(=O)c3ccc(F)c(F)c3)CC2)c(C)c1. The van der Waals surface area contributed by atoms with Crippen LogP contribution in [0, 0.1) is 32.4 Å². The van der Waals surface area contributed by atoms with Gasteiger partial charge in [0.25, 0.3) is 0 Å². The molecule has 1 aliphatic rings. The molecule has 0 atom stereocenters. The minimum Gasteiger partial charge on any atom is -0.324 e. The van der Waals surface area contributed by atoms with Crippen molar-refractivity contribution < 1.29 is 22.0 Å². The van der Waals surface area contributed by atoms with Gasteiger partial charge in [0, 0.05) is 31.9 Å². The number of nitrogens with one attached hydrogen (secondary N) is 1. The predicted octanol–water partition coefficient (Wildman–Crippen LogP) is 2.84. The second-order valence-corrected chi connectivity index (χ2v) is 9.52. The summed E-state index contributed by atoms with van der Waals surface area (Å²) < 4.78 is 53.1. The summed E-state index contributed by atoms with van der Waals surface area (Å²) in [4.78, 5) is 14.1. The second kappa shape index (κ2) is 8.79. The molecule has 1 amide bonds. The van der Waals surface area contributed by atoms with Gasteiger partial charge in [-0.15, -0.1) is 0 Å². The fraction of sp³-hybridized carbons (Fsp3) is 0.381. The predicted molar refractivity (Wildman–Crippen MR) is 111 cm³/mol. The highest BCUT2D eigenvalue weighted by molar-refractivity contribution is 7.89. The second-order valence-electron chi connectivity index (χ2n) is 7.58. The standard InChI is InChI=1S/C21H25F2N3O3S/c1-14-10-15(2)21(16(3)11-14)24-20(27)13-25-6-8-26(9-7-25)30(28,29)17-4-5-18(22)19(23)12-17/h4-5,10-12H,6-9,13H2,1-3H3,(H,24,27). The van der Waals surface area contributed by atoms with Crippen LogP contribution in [-0.2, 0) is 14.8 Å². The number of benzene rings is 2. The molecule has 3 rings (SSSR count). The van der Waals surface area contributed by atoms with E-state index >= 15 is 0 Å². The van der Waals surface area contributed by atoms with Crippen LogP contribution in [-0.4, -0.2) is 56.3 Å². The number of halogens is 2. The molecule has 0 radical (unpaired) electrons. The molecule has 2 aromatic rings. The molecule has 0 aliphatic carbocycles. The third kappa shape index (κ3) is 4.85. The molecule has 0 saturated carbocycles. The van der Waals surface area contributed by atoms with Gasteiger partial charge in [0.05, 0.1) is 11.4 Å². The van der Waals surface area contributed by atoms with E-state index in [4.69, 9.17) is 0 Å². The molecule has 6 nitrogen and oxygen atoms in total. The number of aryl methyl sites for hydroxylation is 3. The van der Waals surface area contributed by atoms with Crippen LogP contribution >= 0.6 is 0 Å². The molecule has 0 bridgehead atoms. The van der Waals surface area contributed by atoms with Crippen LogP contribution < -0.4 is 5.32 Å². The van der Waals surface area contributed by atoms with Crippen molar-refractivity contribution >= 4 is 21.6 Å². The van der Waals surface area contributed by atoms with Gasteiger partial charge in [0.2, 0.25) is 15.9 Å². The zero-order valence-electron chi connectivity index (χ0n) is 17.2. The van der Waals surface area contributed by atoms with Crippen LogP contribution in [0.4, 0.5) is 14.5 Å². The smallest absolute Gasteiger partial charge is 0.243 e. The first kappa shape index (κ1) is 22.3. The van der Waals surface area contributed by atoms with Crippen LogP contribution in [0.1, 0.15) is 16.7 Å². The molecular formula is C21H25F2N3O3S. The summed E-state index contributed by atoms with van der Waals surface area (Å²) in [5.41, 5.74) is 3.90. The maximum Gasteiger partial charge on any atom is 0.243 e. The number of carbonyl (C=O) groups excluding carboxylic acids is 1. The number of hydrogen-bond donors (Lipinski definition) is 1. The van der Waals surface area contributed by atoms with Crippen LogP contribution in [0.15, 0.2) is 35.2 Å². The lowest BCUT2D eigenvalue weighted by Crippen LogP contribution is -2.50. The summed E-state index contributed by atoms with van der Waals surface area (Å²) in [5.74, 6) is -2.46. The monoisotopic (exact) mass is 437 g/mol. The van der Waals surface area contributed by atoms with E-state index in [1.165, 1.54) is 4.31 Å². The Morgan fingerprint density at radius 1 is 0.967 bits per heavy atom. The van der Waals surface area contributed by atoms with E-state index in [0.717, 1.165) is 34.5 Å². The molecule has 1 N–H and O–H groups in total. The van der Waals surface area contributed by atoms with Gasteiger partial charge < -0.3 is 5.32 Å². The Hall–Kier alpha value is -2.36. The summed E-state index contributed by atoms with van der Waals surface area (Å²) in [6, 6.07) is 6.56. The molecule has 1 aliphatic heterocycles. The largest absolute Gasteiger partial charge is 0.324 e. The van der Waals surface area contributed by atoms with Crippen molar-refractivity contribution in [3.8, 4) is 0 Å². The van der Waals surface area contributed by atoms with E-state index in [0.29, 0.717) is 19.2 Å². The van der Waals surface area contributed by atoms with E-state index in [1.807, 2.05) is 37.8 Å². The minimum absolute atomic E-state index is 0.145. The van der Waals surface area contributed by atoms with Crippen LogP contribution in [0.3, 0.4) is 0 Å². The Kier molecular flexibility index (Phi) is 6.54. The number of carbonyl (C=O) groups is 1. The lowest BCUT2D eigenvalue weighted by atomic mass is 10.1. The fourth-order valence-corrected chi connectivity index (χ4v) is 5.11. The van der Waals surface area contributed by atoms with E-state index in [9.17, 15) is 22.0 Å². The highest BCUT2D eigenvalue weighted by atomic mass is 32.2. The van der Waals surface area contributed by atoms with Gasteiger partial charge in [-0.05, 0) is 50.1 Å². The average Bonchev–Trinajstić information content (AvgIpc) is 2.67. The molecule has 0 spiro atoms. The summed E-state index contributed by atoms with van der Waals surface area (Å²) in [6.07, 6.45) is 0. The number of anilines is 1. The van der Waals surface area contributed by atoms with Crippen molar-refractivity contribution in [3.63, 3.8) is 0 Å². The number of piperazine rings is 1. The third-order valence-electron chi connectivity index (χ3n) is 5.17. The van der Waals surface area contributed by atoms with E-state index in [-0.39, 0.29) is 30.4 Å². The number of hydrogen-bond acceptors (Lipinski definition) is 4. The van der Waals surface area contributed by atoms with Gasteiger partial charge in [0.15, 0.2) is 11.6 Å². The Bertz CT molecular complexity index is 1040. The van der Waals surface area contributed by atoms with Gasteiger partial charge in [0.1, 0.15) is 0 Å². The lowest BCUT2D eigenvalue weighted by Gasteiger charge is -2.33. The first-order chi connectivity index (χ1) is 14.1. The average molecular weight is 438 g/mol. The van der Waals surface area contributed by atoms with Gasteiger partial charge in [-0.3, -0.25) is 9.69 Å². The molecular weight excluding hydrogens is 412 g/mol. The zero-order chi connectivity index (χ0) is 22.1. The first-order valence-electron chi connectivity index (χ1n) is 9.63. The number of rotatable bonds is 5. The number of amides is 1. The number of sulfonamides is 1. The summed E-state index contributed by atoms with van der Waals surface area (Å²) >= 11 is 0. The van der Waals surface area contributed by atoms with Crippen molar-refractivity contribution in [2.75, 3.05) is 38.0 Å². The summed E-state index contributed by atoms with van der Waals surface area (Å²) in [6.45, 7) is 7.08. The summed E-state index contributed by atoms with van der Waals surface area (Å²) in [5, 5.41) is 2.94. The maximum absolute atomic E-state index is 13.4. The highest BCUT2D eigenvalue weighted by Crippen LogP contribution is 2.22.